The van der Waals surface area contributed by atoms with Crippen LogP contribution >= 0.6 is 0 Å². The van der Waals surface area contributed by atoms with Crippen LogP contribution in [-0.4, -0.2) is 10.8 Å². The van der Waals surface area contributed by atoms with Crippen molar-refractivity contribution < 1.29 is 4.79 Å². The predicted molar refractivity (Wildman–Crippen MR) is 83.4 cm³/mol. The SMILES string of the molecule is O=C(c1cccc2ncccc12)C1Cc2ccccc2C1. The summed E-state index contributed by atoms with van der Waals surface area (Å²) in [4.78, 5) is 17.2. The van der Waals surface area contributed by atoms with Gasteiger partial charge in [0.1, 0.15) is 0 Å². The molecule has 1 aromatic heterocycles. The average molecular weight is 273 g/mol. The molecule has 0 radical (unpaired) electrons. The molecule has 0 unspecified atom stereocenters. The van der Waals surface area contributed by atoms with E-state index in [-0.39, 0.29) is 11.7 Å². The van der Waals surface area contributed by atoms with E-state index in [0.29, 0.717) is 0 Å². The van der Waals surface area contributed by atoms with Gasteiger partial charge in [0.25, 0.3) is 0 Å². The fourth-order valence-corrected chi connectivity index (χ4v) is 3.28. The van der Waals surface area contributed by atoms with E-state index in [9.17, 15) is 4.79 Å². The number of rotatable bonds is 2. The quantitative estimate of drug-likeness (QED) is 0.664. The Morgan fingerprint density at radius 2 is 1.67 bits per heavy atom. The molecule has 0 bridgehead atoms. The molecule has 1 heterocycles. The van der Waals surface area contributed by atoms with Crippen LogP contribution < -0.4 is 0 Å². The van der Waals surface area contributed by atoms with Crippen molar-refractivity contribution in [1.29, 1.82) is 0 Å². The topological polar surface area (TPSA) is 30.0 Å². The Labute approximate surface area is 123 Å². The maximum absolute atomic E-state index is 12.9. The summed E-state index contributed by atoms with van der Waals surface area (Å²) in [6, 6.07) is 18.0. The fourth-order valence-electron chi connectivity index (χ4n) is 3.28. The van der Waals surface area contributed by atoms with Gasteiger partial charge in [-0.1, -0.05) is 42.5 Å². The number of ketones is 1. The molecule has 0 atom stereocenters. The summed E-state index contributed by atoms with van der Waals surface area (Å²) in [6.45, 7) is 0. The van der Waals surface area contributed by atoms with E-state index in [1.54, 1.807) is 6.20 Å². The van der Waals surface area contributed by atoms with Gasteiger partial charge >= 0.3 is 0 Å². The number of aromatic nitrogens is 1. The Bertz CT molecular complexity index is 807. The van der Waals surface area contributed by atoms with Gasteiger partial charge in [-0.3, -0.25) is 9.78 Å². The third kappa shape index (κ3) is 2.04. The van der Waals surface area contributed by atoms with E-state index in [4.69, 9.17) is 0 Å². The van der Waals surface area contributed by atoms with Gasteiger partial charge in [-0.2, -0.15) is 0 Å². The molecular formula is C19H15NO. The normalized spacial score (nSPS) is 14.3. The summed E-state index contributed by atoms with van der Waals surface area (Å²) >= 11 is 0. The van der Waals surface area contributed by atoms with Crippen molar-refractivity contribution in [2.75, 3.05) is 0 Å². The number of hydrogen-bond acceptors (Lipinski definition) is 2. The molecule has 2 aromatic carbocycles. The first kappa shape index (κ1) is 12.3. The van der Waals surface area contributed by atoms with Gasteiger partial charge in [0.15, 0.2) is 5.78 Å². The summed E-state index contributed by atoms with van der Waals surface area (Å²) < 4.78 is 0. The minimum absolute atomic E-state index is 0.0632. The van der Waals surface area contributed by atoms with Crippen LogP contribution in [0, 0.1) is 5.92 Å². The zero-order chi connectivity index (χ0) is 14.2. The van der Waals surface area contributed by atoms with Crippen LogP contribution in [0.4, 0.5) is 0 Å². The lowest BCUT2D eigenvalue weighted by atomic mass is 9.92. The number of fused-ring (bicyclic) bond motifs is 2. The van der Waals surface area contributed by atoms with Crippen molar-refractivity contribution in [2.24, 2.45) is 5.92 Å². The molecule has 0 fully saturated rings. The van der Waals surface area contributed by atoms with Crippen LogP contribution in [0.1, 0.15) is 21.5 Å². The lowest BCUT2D eigenvalue weighted by molar-refractivity contribution is 0.0926. The molecule has 1 aliphatic rings. The van der Waals surface area contributed by atoms with Crippen LogP contribution in [0.15, 0.2) is 60.8 Å². The highest BCUT2D eigenvalue weighted by Crippen LogP contribution is 2.30. The summed E-state index contributed by atoms with van der Waals surface area (Å²) in [5.41, 5.74) is 4.32. The Morgan fingerprint density at radius 1 is 0.905 bits per heavy atom. The summed E-state index contributed by atoms with van der Waals surface area (Å²) in [5.74, 6) is 0.304. The highest BCUT2D eigenvalue weighted by Gasteiger charge is 2.28. The largest absolute Gasteiger partial charge is 0.294 e. The van der Waals surface area contributed by atoms with Gasteiger partial charge in [0.05, 0.1) is 5.52 Å². The number of nitrogens with zero attached hydrogens (tertiary/aromatic N) is 1. The second-order valence-electron chi connectivity index (χ2n) is 5.61. The predicted octanol–water partition coefficient (Wildman–Crippen LogP) is 3.83. The lowest BCUT2D eigenvalue weighted by Gasteiger charge is -2.10. The first-order chi connectivity index (χ1) is 10.3. The van der Waals surface area contributed by atoms with Crippen molar-refractivity contribution in [2.45, 2.75) is 12.8 Å². The number of benzene rings is 2. The standard InChI is InChI=1S/C19H15NO/c21-19(15-11-13-5-1-2-6-14(13)12-15)17-7-3-9-18-16(17)8-4-10-20-18/h1-10,15H,11-12H2. The van der Waals surface area contributed by atoms with Gasteiger partial charge in [-0.15, -0.1) is 0 Å². The van der Waals surface area contributed by atoms with E-state index in [2.05, 4.69) is 17.1 Å². The van der Waals surface area contributed by atoms with Crippen molar-refractivity contribution in [3.8, 4) is 0 Å². The maximum atomic E-state index is 12.9. The molecule has 2 nitrogen and oxygen atoms in total. The Balaban J connectivity index is 1.72. The third-order valence-corrected chi connectivity index (χ3v) is 4.33. The number of carbonyl (C=O) groups is 1. The molecule has 0 saturated heterocycles. The Hall–Kier alpha value is -2.48. The lowest BCUT2D eigenvalue weighted by Crippen LogP contribution is -2.15. The molecule has 21 heavy (non-hydrogen) atoms. The van der Waals surface area contributed by atoms with Crippen LogP contribution in [0.5, 0.6) is 0 Å². The molecule has 4 rings (SSSR count). The summed E-state index contributed by atoms with van der Waals surface area (Å²) in [5, 5.41) is 0.959. The van der Waals surface area contributed by atoms with Crippen LogP contribution in [0.25, 0.3) is 10.9 Å². The molecule has 3 aromatic rings. The minimum Gasteiger partial charge on any atom is -0.294 e. The van der Waals surface area contributed by atoms with Crippen LogP contribution in [0.3, 0.4) is 0 Å². The highest BCUT2D eigenvalue weighted by molar-refractivity contribution is 6.08. The van der Waals surface area contributed by atoms with E-state index in [1.807, 2.05) is 42.5 Å². The third-order valence-electron chi connectivity index (χ3n) is 4.33. The average Bonchev–Trinajstić information content (AvgIpc) is 2.97. The second kappa shape index (κ2) is 4.81. The van der Waals surface area contributed by atoms with E-state index in [0.717, 1.165) is 29.3 Å². The van der Waals surface area contributed by atoms with Crippen molar-refractivity contribution in [3.63, 3.8) is 0 Å². The second-order valence-corrected chi connectivity index (χ2v) is 5.61. The summed E-state index contributed by atoms with van der Waals surface area (Å²) in [6.07, 6.45) is 3.47. The van der Waals surface area contributed by atoms with Gasteiger partial charge in [-0.25, -0.2) is 0 Å². The monoisotopic (exact) mass is 273 g/mol. The molecule has 0 amide bonds. The zero-order valence-corrected chi connectivity index (χ0v) is 11.6. The molecule has 0 spiro atoms. The fraction of sp³-hybridized carbons (Fsp3) is 0.158. The van der Waals surface area contributed by atoms with Gasteiger partial charge in [-0.05, 0) is 36.1 Å². The molecule has 2 heteroatoms. The maximum Gasteiger partial charge on any atom is 0.167 e. The number of Topliss-reactive ketones (excluding diaryl/α,β-unsaturated/α-hetero) is 1. The first-order valence-electron chi connectivity index (χ1n) is 7.27. The van der Waals surface area contributed by atoms with Gasteiger partial charge in [0, 0.05) is 23.1 Å². The first-order valence-corrected chi connectivity index (χ1v) is 7.27. The number of pyridine rings is 1. The number of hydrogen-bond donors (Lipinski definition) is 0. The van der Waals surface area contributed by atoms with Gasteiger partial charge < -0.3 is 0 Å². The highest BCUT2D eigenvalue weighted by atomic mass is 16.1. The van der Waals surface area contributed by atoms with E-state index < -0.39 is 0 Å². The van der Waals surface area contributed by atoms with Crippen molar-refractivity contribution in [3.05, 3.63) is 77.5 Å². The molecule has 0 saturated carbocycles. The summed E-state index contributed by atoms with van der Waals surface area (Å²) in [7, 11) is 0. The molecule has 1 aliphatic carbocycles. The molecule has 0 N–H and O–H groups in total. The van der Waals surface area contributed by atoms with E-state index >= 15 is 0 Å². The van der Waals surface area contributed by atoms with Crippen molar-refractivity contribution in [1.82, 2.24) is 4.98 Å². The Morgan fingerprint density at radius 3 is 2.43 bits per heavy atom. The number of carbonyl (C=O) groups excluding carboxylic acids is 1. The van der Waals surface area contributed by atoms with E-state index in [1.165, 1.54) is 11.1 Å². The van der Waals surface area contributed by atoms with Crippen molar-refractivity contribution >= 4 is 16.7 Å². The van der Waals surface area contributed by atoms with Crippen LogP contribution in [0.2, 0.25) is 0 Å². The smallest absolute Gasteiger partial charge is 0.167 e. The molecule has 0 aliphatic heterocycles. The zero-order valence-electron chi connectivity index (χ0n) is 11.6. The minimum atomic E-state index is 0.0632. The molecule has 102 valence electrons. The molecular weight excluding hydrogens is 258 g/mol. The Kier molecular flexibility index (Phi) is 2.81. The van der Waals surface area contributed by atoms with Crippen LogP contribution in [-0.2, 0) is 12.8 Å². The van der Waals surface area contributed by atoms with Gasteiger partial charge in [0.2, 0.25) is 0 Å².